The van der Waals surface area contributed by atoms with Crippen molar-refractivity contribution < 1.29 is 15.9 Å². The molecule has 3 nitrogen and oxygen atoms in total. The molecule has 0 unspecified atom stereocenters. The summed E-state index contributed by atoms with van der Waals surface area (Å²) in [6.45, 7) is 1.84. The molecular weight excluding hydrogens is 154 g/mol. The molecule has 0 aliphatic carbocycles. The van der Waals surface area contributed by atoms with Crippen molar-refractivity contribution in [3.05, 3.63) is 29.8 Å². The second-order valence-corrected chi connectivity index (χ2v) is 3.01. The van der Waals surface area contributed by atoms with Crippen molar-refractivity contribution in [1.29, 1.82) is 0 Å². The van der Waals surface area contributed by atoms with Crippen LogP contribution in [0.3, 0.4) is 0 Å². The molecule has 5 N–H and O–H groups in total. The fourth-order valence-corrected chi connectivity index (χ4v) is 1.00. The Labute approximate surface area is 71.5 Å². The molecule has 66 valence electrons. The van der Waals surface area contributed by atoms with Gasteiger partial charge in [0.15, 0.2) is 0 Å². The molecular formula is C9H14NO2+. The van der Waals surface area contributed by atoms with Crippen LogP contribution in [0.5, 0.6) is 5.75 Å². The van der Waals surface area contributed by atoms with Crippen molar-refractivity contribution in [2.75, 3.05) is 0 Å². The number of aliphatic hydroxyl groups excluding tert-OH is 1. The summed E-state index contributed by atoms with van der Waals surface area (Å²) < 4.78 is 0. The van der Waals surface area contributed by atoms with Crippen LogP contribution >= 0.6 is 0 Å². The summed E-state index contributed by atoms with van der Waals surface area (Å²) >= 11 is 0. The molecule has 1 aromatic rings. The summed E-state index contributed by atoms with van der Waals surface area (Å²) in [7, 11) is 0. The van der Waals surface area contributed by atoms with Crippen molar-refractivity contribution in [1.82, 2.24) is 0 Å². The van der Waals surface area contributed by atoms with Gasteiger partial charge in [-0.3, -0.25) is 0 Å². The van der Waals surface area contributed by atoms with Crippen LogP contribution in [0.1, 0.15) is 18.6 Å². The third-order valence-electron chi connectivity index (χ3n) is 1.77. The van der Waals surface area contributed by atoms with E-state index >= 15 is 0 Å². The first-order chi connectivity index (χ1) is 5.61. The first-order valence-electron chi connectivity index (χ1n) is 3.91. The lowest BCUT2D eigenvalue weighted by Gasteiger charge is -2.11. The maximum Gasteiger partial charge on any atom is 0.130 e. The molecule has 12 heavy (non-hydrogen) atoms. The Morgan fingerprint density at radius 3 is 2.17 bits per heavy atom. The minimum absolute atomic E-state index is 0.0467. The summed E-state index contributed by atoms with van der Waals surface area (Å²) in [4.78, 5) is 0. The molecule has 0 saturated heterocycles. The molecule has 0 saturated carbocycles. The zero-order valence-corrected chi connectivity index (χ0v) is 7.07. The summed E-state index contributed by atoms with van der Waals surface area (Å²) in [6.07, 6.45) is -0.550. The van der Waals surface area contributed by atoms with Crippen LogP contribution < -0.4 is 5.73 Å². The fraction of sp³-hybridized carbons (Fsp3) is 0.333. The smallest absolute Gasteiger partial charge is 0.130 e. The molecule has 0 bridgehead atoms. The van der Waals surface area contributed by atoms with Gasteiger partial charge in [-0.15, -0.1) is 0 Å². The third kappa shape index (κ3) is 1.96. The standard InChI is InChI=1S/C9H13NO2/c1-6(10)9(12)7-2-4-8(11)5-3-7/h2-6,9,11-12H,10H2,1H3/p+1/t6-,9+/m1/s1. The topological polar surface area (TPSA) is 68.1 Å². The Kier molecular flexibility index (Phi) is 2.68. The second kappa shape index (κ2) is 3.56. The lowest BCUT2D eigenvalue weighted by molar-refractivity contribution is -0.433. The first-order valence-corrected chi connectivity index (χ1v) is 3.91. The fourth-order valence-electron chi connectivity index (χ4n) is 1.00. The monoisotopic (exact) mass is 168 g/mol. The number of aliphatic hydroxyl groups is 1. The first kappa shape index (κ1) is 9.03. The number of rotatable bonds is 2. The maximum absolute atomic E-state index is 9.54. The van der Waals surface area contributed by atoms with Crippen LogP contribution in [0.25, 0.3) is 0 Å². The van der Waals surface area contributed by atoms with E-state index in [4.69, 9.17) is 5.11 Å². The van der Waals surface area contributed by atoms with Crippen LogP contribution in [-0.2, 0) is 0 Å². The Morgan fingerprint density at radius 2 is 1.75 bits per heavy atom. The summed E-state index contributed by atoms with van der Waals surface area (Å²) in [5.41, 5.74) is 4.51. The van der Waals surface area contributed by atoms with Crippen molar-refractivity contribution in [3.63, 3.8) is 0 Å². The van der Waals surface area contributed by atoms with E-state index in [0.717, 1.165) is 5.56 Å². The minimum Gasteiger partial charge on any atom is -0.508 e. The number of aromatic hydroxyl groups is 1. The molecule has 0 spiro atoms. The quantitative estimate of drug-likeness (QED) is 0.584. The van der Waals surface area contributed by atoms with Crippen LogP contribution in [0, 0.1) is 0 Å². The predicted octanol–water partition coefficient (Wildman–Crippen LogP) is 0.0560. The van der Waals surface area contributed by atoms with Gasteiger partial charge in [-0.25, -0.2) is 0 Å². The largest absolute Gasteiger partial charge is 0.508 e. The van der Waals surface area contributed by atoms with Gasteiger partial charge in [0.05, 0.1) is 0 Å². The number of phenols is 1. The number of hydrogen-bond acceptors (Lipinski definition) is 2. The van der Waals surface area contributed by atoms with Crippen molar-refractivity contribution in [2.24, 2.45) is 0 Å². The van der Waals surface area contributed by atoms with Gasteiger partial charge in [0.2, 0.25) is 0 Å². The normalized spacial score (nSPS) is 15.6. The molecule has 3 heteroatoms. The number of phenolic OH excluding ortho intramolecular Hbond substituents is 1. The molecule has 1 aromatic carbocycles. The molecule has 0 aromatic heterocycles. The van der Waals surface area contributed by atoms with Crippen molar-refractivity contribution in [2.45, 2.75) is 19.1 Å². The van der Waals surface area contributed by atoms with Gasteiger partial charge in [-0.2, -0.15) is 0 Å². The van der Waals surface area contributed by atoms with E-state index in [2.05, 4.69) is 5.73 Å². The van der Waals surface area contributed by atoms with E-state index in [0.29, 0.717) is 0 Å². The van der Waals surface area contributed by atoms with E-state index in [1.807, 2.05) is 6.92 Å². The molecule has 0 aliphatic heterocycles. The van der Waals surface area contributed by atoms with E-state index in [-0.39, 0.29) is 11.8 Å². The van der Waals surface area contributed by atoms with Gasteiger partial charge in [0.25, 0.3) is 0 Å². The zero-order chi connectivity index (χ0) is 9.14. The summed E-state index contributed by atoms with van der Waals surface area (Å²) in [5, 5.41) is 18.5. The van der Waals surface area contributed by atoms with Crippen LogP contribution in [-0.4, -0.2) is 16.3 Å². The Bertz CT molecular complexity index is 243. The predicted molar refractivity (Wildman–Crippen MR) is 45.4 cm³/mol. The summed E-state index contributed by atoms with van der Waals surface area (Å²) in [5.74, 6) is 0.211. The van der Waals surface area contributed by atoms with Gasteiger partial charge < -0.3 is 15.9 Å². The SMILES string of the molecule is C[C@@H]([NH3+])[C@H](O)c1ccc(O)cc1. The molecule has 0 fully saturated rings. The Hall–Kier alpha value is -1.06. The van der Waals surface area contributed by atoms with E-state index in [9.17, 15) is 5.11 Å². The minimum atomic E-state index is -0.550. The highest BCUT2D eigenvalue weighted by Gasteiger charge is 2.14. The Balaban J connectivity index is 2.82. The molecule has 0 aliphatic rings. The van der Waals surface area contributed by atoms with Gasteiger partial charge >= 0.3 is 0 Å². The number of quaternary nitrogens is 1. The molecule has 0 radical (unpaired) electrons. The van der Waals surface area contributed by atoms with Crippen LogP contribution in [0.4, 0.5) is 0 Å². The van der Waals surface area contributed by atoms with Crippen LogP contribution in [0.15, 0.2) is 24.3 Å². The molecule has 0 heterocycles. The number of benzene rings is 1. The lowest BCUT2D eigenvalue weighted by Crippen LogP contribution is -2.61. The average Bonchev–Trinajstić information content (AvgIpc) is 2.04. The second-order valence-electron chi connectivity index (χ2n) is 3.01. The van der Waals surface area contributed by atoms with E-state index < -0.39 is 6.10 Å². The van der Waals surface area contributed by atoms with Crippen molar-refractivity contribution >= 4 is 0 Å². The zero-order valence-electron chi connectivity index (χ0n) is 7.07. The van der Waals surface area contributed by atoms with Crippen molar-refractivity contribution in [3.8, 4) is 5.75 Å². The van der Waals surface area contributed by atoms with E-state index in [1.165, 1.54) is 0 Å². The highest BCUT2D eigenvalue weighted by molar-refractivity contribution is 5.27. The van der Waals surface area contributed by atoms with E-state index in [1.54, 1.807) is 24.3 Å². The molecule has 2 atom stereocenters. The lowest BCUT2D eigenvalue weighted by atomic mass is 10.0. The van der Waals surface area contributed by atoms with Crippen LogP contribution in [0.2, 0.25) is 0 Å². The summed E-state index contributed by atoms with van der Waals surface area (Å²) in [6, 6.07) is 6.46. The van der Waals surface area contributed by atoms with Gasteiger partial charge in [0.1, 0.15) is 17.9 Å². The molecule has 1 rings (SSSR count). The average molecular weight is 168 g/mol. The maximum atomic E-state index is 9.54. The highest BCUT2D eigenvalue weighted by Crippen LogP contribution is 2.17. The third-order valence-corrected chi connectivity index (χ3v) is 1.77. The van der Waals surface area contributed by atoms with Gasteiger partial charge in [0, 0.05) is 0 Å². The van der Waals surface area contributed by atoms with Gasteiger partial charge in [-0.05, 0) is 24.6 Å². The number of hydrogen-bond donors (Lipinski definition) is 3. The molecule has 0 amide bonds. The Morgan fingerprint density at radius 1 is 1.25 bits per heavy atom. The highest BCUT2D eigenvalue weighted by atomic mass is 16.3. The van der Waals surface area contributed by atoms with Gasteiger partial charge in [-0.1, -0.05) is 12.1 Å².